The molecule has 1 amide bonds. The fourth-order valence-electron chi connectivity index (χ4n) is 4.76. The molecule has 0 spiro atoms. The van der Waals surface area contributed by atoms with E-state index in [4.69, 9.17) is 16.3 Å². The maximum absolute atomic E-state index is 15.1. The first-order valence-corrected chi connectivity index (χ1v) is 11.4. The molecule has 0 aromatic heterocycles. The summed E-state index contributed by atoms with van der Waals surface area (Å²) < 4.78 is 61.3. The number of rotatable bonds is 3. The molecule has 1 saturated carbocycles. The third kappa shape index (κ3) is 3.17. The molecule has 0 radical (unpaired) electrons. The molecular formula is C21H20ClF2NO4S. The van der Waals surface area contributed by atoms with Crippen LogP contribution in [0.3, 0.4) is 0 Å². The number of amides is 1. The van der Waals surface area contributed by atoms with Crippen molar-refractivity contribution in [3.05, 3.63) is 58.6 Å². The molecule has 1 heterocycles. The van der Waals surface area contributed by atoms with Gasteiger partial charge >= 0.3 is 0 Å². The summed E-state index contributed by atoms with van der Waals surface area (Å²) in [7, 11) is -4.16. The molecular weight excluding hydrogens is 436 g/mol. The maximum atomic E-state index is 15.1. The number of halogens is 3. The van der Waals surface area contributed by atoms with Gasteiger partial charge in [-0.3, -0.25) is 4.79 Å². The summed E-state index contributed by atoms with van der Waals surface area (Å²) in [4.78, 5) is 11.5. The standard InChI is InChI=1S/C21H20ClF2NO4S/c1-12(26)25-15-8-9-21(30(27,28)16-4-2-14(22)3-5-16)13(10-15)11-29-20-18(24)7-6-17(23)19(20)21/h2-7,13,15H,8-11H2,1H3,(H,25,26). The van der Waals surface area contributed by atoms with Crippen LogP contribution in [0.25, 0.3) is 0 Å². The van der Waals surface area contributed by atoms with Crippen molar-refractivity contribution in [3.8, 4) is 5.75 Å². The minimum absolute atomic E-state index is 0.0182. The van der Waals surface area contributed by atoms with Crippen LogP contribution in [0, 0.1) is 17.6 Å². The van der Waals surface area contributed by atoms with Crippen LogP contribution in [0.4, 0.5) is 8.78 Å². The molecule has 2 aliphatic rings. The Bertz CT molecular complexity index is 1110. The van der Waals surface area contributed by atoms with Gasteiger partial charge in [-0.1, -0.05) is 11.6 Å². The molecule has 2 aromatic carbocycles. The molecule has 9 heteroatoms. The molecule has 1 aliphatic carbocycles. The number of ether oxygens (including phenoxy) is 1. The number of carbonyl (C=O) groups excluding carboxylic acids is 1. The predicted octanol–water partition coefficient (Wildman–Crippen LogP) is 3.98. The Hall–Kier alpha value is -2.19. The van der Waals surface area contributed by atoms with Crippen LogP contribution in [-0.4, -0.2) is 27.0 Å². The molecule has 5 nitrogen and oxygen atoms in total. The molecule has 1 aliphatic heterocycles. The van der Waals surface area contributed by atoms with Crippen LogP contribution in [0.5, 0.6) is 5.75 Å². The minimum Gasteiger partial charge on any atom is -0.490 e. The second-order valence-electron chi connectivity index (χ2n) is 7.76. The highest BCUT2D eigenvalue weighted by Crippen LogP contribution is 2.56. The lowest BCUT2D eigenvalue weighted by Gasteiger charge is -2.49. The Kier molecular flexibility index (Phi) is 5.26. The van der Waals surface area contributed by atoms with Crippen molar-refractivity contribution in [1.82, 2.24) is 5.32 Å². The van der Waals surface area contributed by atoms with E-state index in [0.29, 0.717) is 11.4 Å². The van der Waals surface area contributed by atoms with E-state index in [-0.39, 0.29) is 47.6 Å². The van der Waals surface area contributed by atoms with Gasteiger partial charge in [0.2, 0.25) is 5.91 Å². The smallest absolute Gasteiger partial charge is 0.217 e. The molecule has 4 rings (SSSR count). The van der Waals surface area contributed by atoms with Gasteiger partial charge in [0.1, 0.15) is 10.6 Å². The average Bonchev–Trinajstić information content (AvgIpc) is 2.70. The van der Waals surface area contributed by atoms with Crippen LogP contribution in [0.1, 0.15) is 31.7 Å². The first-order chi connectivity index (χ1) is 14.2. The zero-order valence-electron chi connectivity index (χ0n) is 16.1. The van der Waals surface area contributed by atoms with E-state index < -0.39 is 32.1 Å². The average molecular weight is 456 g/mol. The Labute approximate surface area is 178 Å². The van der Waals surface area contributed by atoms with Gasteiger partial charge in [-0.25, -0.2) is 17.2 Å². The largest absolute Gasteiger partial charge is 0.490 e. The monoisotopic (exact) mass is 455 g/mol. The Morgan fingerprint density at radius 1 is 1.17 bits per heavy atom. The summed E-state index contributed by atoms with van der Waals surface area (Å²) in [6.45, 7) is 1.28. The summed E-state index contributed by atoms with van der Waals surface area (Å²) in [5.74, 6) is -2.90. The number of hydrogen-bond acceptors (Lipinski definition) is 4. The molecule has 3 unspecified atom stereocenters. The van der Waals surface area contributed by atoms with E-state index in [9.17, 15) is 17.6 Å². The van der Waals surface area contributed by atoms with Crippen molar-refractivity contribution in [1.29, 1.82) is 0 Å². The molecule has 0 saturated heterocycles. The molecule has 160 valence electrons. The van der Waals surface area contributed by atoms with E-state index in [2.05, 4.69) is 5.32 Å². The summed E-state index contributed by atoms with van der Waals surface area (Å²) in [5, 5.41) is 3.17. The van der Waals surface area contributed by atoms with Gasteiger partial charge in [-0.05, 0) is 55.7 Å². The lowest BCUT2D eigenvalue weighted by atomic mass is 9.71. The van der Waals surface area contributed by atoms with Crippen molar-refractivity contribution >= 4 is 27.3 Å². The second kappa shape index (κ2) is 7.50. The normalized spacial score (nSPS) is 25.6. The van der Waals surface area contributed by atoms with Crippen molar-refractivity contribution in [3.63, 3.8) is 0 Å². The number of nitrogens with one attached hydrogen (secondary N) is 1. The van der Waals surface area contributed by atoms with Crippen LogP contribution in [0.15, 0.2) is 41.3 Å². The van der Waals surface area contributed by atoms with Crippen molar-refractivity contribution in [2.24, 2.45) is 5.92 Å². The second-order valence-corrected chi connectivity index (χ2v) is 10.4. The van der Waals surface area contributed by atoms with Crippen LogP contribution < -0.4 is 10.1 Å². The number of benzene rings is 2. The summed E-state index contributed by atoms with van der Waals surface area (Å²) >= 11 is 5.91. The van der Waals surface area contributed by atoms with Crippen LogP contribution >= 0.6 is 11.6 Å². The zero-order chi connectivity index (χ0) is 21.7. The van der Waals surface area contributed by atoms with Crippen molar-refractivity contribution in [2.75, 3.05) is 6.61 Å². The molecule has 1 N–H and O–H groups in total. The van der Waals surface area contributed by atoms with Crippen molar-refractivity contribution < 1.29 is 26.7 Å². The first kappa shape index (κ1) is 21.1. The lowest BCUT2D eigenvalue weighted by molar-refractivity contribution is -0.120. The fraction of sp³-hybridized carbons (Fsp3) is 0.381. The highest BCUT2D eigenvalue weighted by atomic mass is 35.5. The quantitative estimate of drug-likeness (QED) is 0.759. The minimum atomic E-state index is -4.16. The highest BCUT2D eigenvalue weighted by Gasteiger charge is 2.59. The molecule has 1 fully saturated rings. The fourth-order valence-corrected chi connectivity index (χ4v) is 7.25. The van der Waals surface area contributed by atoms with Gasteiger partial charge < -0.3 is 10.1 Å². The SMILES string of the molecule is CC(=O)NC1CCC2(S(=O)(=O)c3ccc(Cl)cc3)c3c(F)ccc(F)c3OCC2C1. The lowest BCUT2D eigenvalue weighted by Crippen LogP contribution is -2.55. The van der Waals surface area contributed by atoms with E-state index in [1.807, 2.05) is 0 Å². The van der Waals surface area contributed by atoms with Gasteiger partial charge in [0.05, 0.1) is 17.1 Å². The van der Waals surface area contributed by atoms with E-state index >= 15 is 4.39 Å². The maximum Gasteiger partial charge on any atom is 0.217 e. The van der Waals surface area contributed by atoms with Gasteiger partial charge in [0.25, 0.3) is 0 Å². The third-order valence-corrected chi connectivity index (χ3v) is 8.86. The molecule has 30 heavy (non-hydrogen) atoms. The van der Waals surface area contributed by atoms with E-state index in [1.165, 1.54) is 31.2 Å². The summed E-state index contributed by atoms with van der Waals surface area (Å²) in [6, 6.07) is 7.23. The first-order valence-electron chi connectivity index (χ1n) is 9.55. The van der Waals surface area contributed by atoms with Gasteiger partial charge in [-0.2, -0.15) is 0 Å². The number of hydrogen-bond donors (Lipinski definition) is 1. The predicted molar refractivity (Wildman–Crippen MR) is 107 cm³/mol. The Morgan fingerprint density at radius 2 is 1.83 bits per heavy atom. The number of sulfone groups is 1. The van der Waals surface area contributed by atoms with Gasteiger partial charge in [0, 0.05) is 23.9 Å². The number of carbonyl (C=O) groups is 1. The number of fused-ring (bicyclic) bond motifs is 3. The third-order valence-electron chi connectivity index (χ3n) is 6.01. The summed E-state index contributed by atoms with van der Waals surface area (Å²) in [5.41, 5.74) is -0.269. The summed E-state index contributed by atoms with van der Waals surface area (Å²) in [6.07, 6.45) is 0.588. The molecule has 2 aromatic rings. The molecule has 3 atom stereocenters. The Morgan fingerprint density at radius 3 is 2.50 bits per heavy atom. The topological polar surface area (TPSA) is 72.5 Å². The van der Waals surface area contributed by atoms with Gasteiger partial charge in [0.15, 0.2) is 21.4 Å². The van der Waals surface area contributed by atoms with Crippen LogP contribution in [-0.2, 0) is 19.4 Å². The van der Waals surface area contributed by atoms with E-state index in [1.54, 1.807) is 0 Å². The van der Waals surface area contributed by atoms with Gasteiger partial charge in [-0.15, -0.1) is 0 Å². The Balaban J connectivity index is 1.93. The van der Waals surface area contributed by atoms with E-state index in [0.717, 1.165) is 12.1 Å². The highest BCUT2D eigenvalue weighted by molar-refractivity contribution is 7.92. The van der Waals surface area contributed by atoms with Crippen LogP contribution in [0.2, 0.25) is 5.02 Å². The van der Waals surface area contributed by atoms with Crippen molar-refractivity contribution in [2.45, 2.75) is 41.9 Å². The molecule has 0 bridgehead atoms. The zero-order valence-corrected chi connectivity index (χ0v) is 17.7.